The number of hydrogen-bond acceptors (Lipinski definition) is 3. The van der Waals surface area contributed by atoms with Gasteiger partial charge in [0.15, 0.2) is 0 Å². The number of anilines is 2. The molecule has 0 aliphatic carbocycles. The maximum atomic E-state index is 8.89. The summed E-state index contributed by atoms with van der Waals surface area (Å²) in [5.41, 5.74) is 4.23. The van der Waals surface area contributed by atoms with Crippen LogP contribution in [-0.2, 0) is 0 Å². The lowest BCUT2D eigenvalue weighted by Crippen LogP contribution is -1.94. The van der Waals surface area contributed by atoms with Crippen LogP contribution in [0.2, 0.25) is 5.02 Å². The molecule has 2 N–H and O–H groups in total. The van der Waals surface area contributed by atoms with Crippen LogP contribution >= 0.6 is 11.6 Å². The van der Waals surface area contributed by atoms with Crippen molar-refractivity contribution in [3.8, 4) is 6.07 Å². The maximum Gasteiger partial charge on any atom is 0.205 e. The molecular formula is C15H11ClN4. The average Bonchev–Trinajstić information content (AvgIpc) is 2.83. The lowest BCUT2D eigenvalue weighted by atomic mass is 10.2. The second kappa shape index (κ2) is 4.87. The number of imidazole rings is 1. The van der Waals surface area contributed by atoms with Crippen molar-refractivity contribution < 1.29 is 0 Å². The van der Waals surface area contributed by atoms with E-state index >= 15 is 0 Å². The second-order valence-electron chi connectivity index (χ2n) is 4.51. The van der Waals surface area contributed by atoms with E-state index in [-0.39, 0.29) is 0 Å². The highest BCUT2D eigenvalue weighted by atomic mass is 35.5. The van der Waals surface area contributed by atoms with E-state index in [0.29, 0.717) is 16.5 Å². The molecule has 1 aromatic heterocycles. The summed E-state index contributed by atoms with van der Waals surface area (Å²) in [6.45, 7) is 1.98. The van der Waals surface area contributed by atoms with E-state index in [0.717, 1.165) is 22.3 Å². The van der Waals surface area contributed by atoms with Gasteiger partial charge in [-0.05, 0) is 48.9 Å². The third kappa shape index (κ3) is 2.31. The lowest BCUT2D eigenvalue weighted by Gasteiger charge is -2.06. The van der Waals surface area contributed by atoms with Gasteiger partial charge in [-0.3, -0.25) is 0 Å². The molecule has 4 nitrogen and oxygen atoms in total. The summed E-state index contributed by atoms with van der Waals surface area (Å²) in [5, 5.41) is 12.8. The molecule has 0 unspecified atom stereocenters. The number of rotatable bonds is 2. The number of halogens is 1. The third-order valence-corrected chi connectivity index (χ3v) is 3.29. The summed E-state index contributed by atoms with van der Waals surface area (Å²) < 4.78 is 0. The summed E-state index contributed by atoms with van der Waals surface area (Å²) in [7, 11) is 0. The summed E-state index contributed by atoms with van der Waals surface area (Å²) >= 11 is 5.94. The van der Waals surface area contributed by atoms with Gasteiger partial charge in [0.2, 0.25) is 5.95 Å². The van der Waals surface area contributed by atoms with Crippen molar-refractivity contribution in [3.05, 3.63) is 52.5 Å². The Morgan fingerprint density at radius 2 is 2.10 bits per heavy atom. The van der Waals surface area contributed by atoms with Crippen molar-refractivity contribution in [2.24, 2.45) is 0 Å². The minimum Gasteiger partial charge on any atom is -0.326 e. The number of aryl methyl sites for hydroxylation is 1. The Kier molecular flexibility index (Phi) is 3.05. The number of aromatic nitrogens is 2. The van der Waals surface area contributed by atoms with E-state index in [1.807, 2.05) is 31.2 Å². The third-order valence-electron chi connectivity index (χ3n) is 3.05. The van der Waals surface area contributed by atoms with Crippen LogP contribution < -0.4 is 5.32 Å². The Hall–Kier alpha value is -2.51. The van der Waals surface area contributed by atoms with Crippen molar-refractivity contribution in [3.63, 3.8) is 0 Å². The Morgan fingerprint density at radius 3 is 2.85 bits per heavy atom. The number of hydrogen-bond donors (Lipinski definition) is 2. The molecule has 0 aliphatic rings. The zero-order valence-corrected chi connectivity index (χ0v) is 11.5. The molecule has 98 valence electrons. The van der Waals surface area contributed by atoms with Gasteiger partial charge in [-0.2, -0.15) is 5.26 Å². The molecule has 0 fully saturated rings. The largest absolute Gasteiger partial charge is 0.326 e. The molecule has 0 saturated carbocycles. The SMILES string of the molecule is Cc1cc(Cl)ccc1Nc1nc2ccc(C#N)cc2[nH]1. The van der Waals surface area contributed by atoms with Crippen LogP contribution in [0.4, 0.5) is 11.6 Å². The highest BCUT2D eigenvalue weighted by Crippen LogP contribution is 2.24. The van der Waals surface area contributed by atoms with Crippen molar-refractivity contribution in [2.45, 2.75) is 6.92 Å². The van der Waals surface area contributed by atoms with E-state index in [1.165, 1.54) is 0 Å². The second-order valence-corrected chi connectivity index (χ2v) is 4.95. The monoisotopic (exact) mass is 282 g/mol. The first-order chi connectivity index (χ1) is 9.65. The summed E-state index contributed by atoms with van der Waals surface area (Å²) in [4.78, 5) is 7.59. The van der Waals surface area contributed by atoms with Crippen LogP contribution in [-0.4, -0.2) is 9.97 Å². The van der Waals surface area contributed by atoms with Gasteiger partial charge in [0.1, 0.15) is 0 Å². The van der Waals surface area contributed by atoms with Gasteiger partial charge in [0.05, 0.1) is 22.7 Å². The molecule has 3 aromatic rings. The van der Waals surface area contributed by atoms with Gasteiger partial charge in [-0.1, -0.05) is 11.6 Å². The Balaban J connectivity index is 1.96. The topological polar surface area (TPSA) is 64.5 Å². The fraction of sp³-hybridized carbons (Fsp3) is 0.0667. The summed E-state index contributed by atoms with van der Waals surface area (Å²) in [6, 6.07) is 13.1. The highest BCUT2D eigenvalue weighted by Gasteiger charge is 2.05. The maximum absolute atomic E-state index is 8.89. The molecule has 1 heterocycles. The van der Waals surface area contributed by atoms with Crippen molar-refractivity contribution in [1.29, 1.82) is 5.26 Å². The smallest absolute Gasteiger partial charge is 0.205 e. The predicted molar refractivity (Wildman–Crippen MR) is 80.3 cm³/mol. The van der Waals surface area contributed by atoms with Gasteiger partial charge >= 0.3 is 0 Å². The number of aromatic amines is 1. The fourth-order valence-electron chi connectivity index (χ4n) is 2.03. The molecule has 0 aliphatic heterocycles. The van der Waals surface area contributed by atoms with Crippen LogP contribution in [0.15, 0.2) is 36.4 Å². The number of nitrogens with one attached hydrogen (secondary N) is 2. The molecule has 0 spiro atoms. The van der Waals surface area contributed by atoms with Gasteiger partial charge in [0.25, 0.3) is 0 Å². The number of H-pyrrole nitrogens is 1. The molecule has 0 amide bonds. The normalized spacial score (nSPS) is 10.4. The molecular weight excluding hydrogens is 272 g/mol. The first-order valence-corrected chi connectivity index (χ1v) is 6.46. The quantitative estimate of drug-likeness (QED) is 0.742. The van der Waals surface area contributed by atoms with E-state index in [9.17, 15) is 0 Å². The molecule has 0 bridgehead atoms. The van der Waals surface area contributed by atoms with Crippen LogP contribution in [0.1, 0.15) is 11.1 Å². The molecule has 5 heteroatoms. The van der Waals surface area contributed by atoms with Crippen molar-refractivity contribution in [1.82, 2.24) is 9.97 Å². The van der Waals surface area contributed by atoms with E-state index in [2.05, 4.69) is 21.4 Å². The van der Waals surface area contributed by atoms with Crippen LogP contribution in [0.5, 0.6) is 0 Å². The van der Waals surface area contributed by atoms with Crippen LogP contribution in [0, 0.1) is 18.3 Å². The van der Waals surface area contributed by atoms with Gasteiger partial charge < -0.3 is 10.3 Å². The predicted octanol–water partition coefficient (Wildman–Crippen LogP) is 4.14. The minimum atomic E-state index is 0.607. The van der Waals surface area contributed by atoms with Gasteiger partial charge in [-0.15, -0.1) is 0 Å². The number of fused-ring (bicyclic) bond motifs is 1. The number of nitrogens with zero attached hydrogens (tertiary/aromatic N) is 2. The Bertz CT molecular complexity index is 829. The van der Waals surface area contributed by atoms with Crippen molar-refractivity contribution in [2.75, 3.05) is 5.32 Å². The summed E-state index contributed by atoms with van der Waals surface area (Å²) in [5.74, 6) is 0.639. The Morgan fingerprint density at radius 1 is 1.25 bits per heavy atom. The van der Waals surface area contributed by atoms with Crippen LogP contribution in [0.25, 0.3) is 11.0 Å². The molecule has 20 heavy (non-hydrogen) atoms. The number of benzene rings is 2. The van der Waals surface area contributed by atoms with Crippen LogP contribution in [0.3, 0.4) is 0 Å². The fourth-order valence-corrected chi connectivity index (χ4v) is 2.26. The molecule has 2 aromatic carbocycles. The molecule has 0 saturated heterocycles. The van der Waals surface area contributed by atoms with Gasteiger partial charge in [-0.25, -0.2) is 4.98 Å². The number of nitriles is 1. The van der Waals surface area contributed by atoms with Gasteiger partial charge in [0, 0.05) is 10.7 Å². The first kappa shape index (κ1) is 12.5. The molecule has 3 rings (SSSR count). The zero-order chi connectivity index (χ0) is 14.1. The standard InChI is InChI=1S/C15H11ClN4/c1-9-6-11(16)3-5-12(9)18-15-19-13-4-2-10(8-17)7-14(13)20-15/h2-7H,1H3,(H2,18,19,20). The minimum absolute atomic E-state index is 0.607. The molecule has 0 atom stereocenters. The van der Waals surface area contributed by atoms with Crippen molar-refractivity contribution >= 4 is 34.3 Å². The molecule has 0 radical (unpaired) electrons. The zero-order valence-electron chi connectivity index (χ0n) is 10.7. The first-order valence-electron chi connectivity index (χ1n) is 6.09. The van der Waals surface area contributed by atoms with E-state index in [4.69, 9.17) is 16.9 Å². The van der Waals surface area contributed by atoms with E-state index in [1.54, 1.807) is 12.1 Å². The summed E-state index contributed by atoms with van der Waals surface area (Å²) in [6.07, 6.45) is 0. The average molecular weight is 283 g/mol. The lowest BCUT2D eigenvalue weighted by molar-refractivity contribution is 1.29. The highest BCUT2D eigenvalue weighted by molar-refractivity contribution is 6.30. The van der Waals surface area contributed by atoms with E-state index < -0.39 is 0 Å². The Labute approximate surface area is 121 Å².